The van der Waals surface area contributed by atoms with Crippen molar-refractivity contribution >= 4 is 29.6 Å². The van der Waals surface area contributed by atoms with Gasteiger partial charge in [0.05, 0.1) is 13.2 Å². The van der Waals surface area contributed by atoms with Crippen molar-refractivity contribution in [2.24, 2.45) is 0 Å². The molecular formula is C24H28N2O6S. The normalized spacial score (nSPS) is 18.6. The molecule has 3 N–H and O–H groups in total. The minimum absolute atomic E-state index is 0.000871. The molecule has 0 aliphatic carbocycles. The molecule has 3 atom stereocenters. The van der Waals surface area contributed by atoms with Gasteiger partial charge in [-0.05, 0) is 31.4 Å². The van der Waals surface area contributed by atoms with Crippen LogP contribution in [0, 0.1) is 0 Å². The first kappa shape index (κ1) is 24.6. The molecule has 1 aliphatic heterocycles. The molecule has 1 saturated heterocycles. The van der Waals surface area contributed by atoms with E-state index in [0.717, 1.165) is 5.56 Å². The van der Waals surface area contributed by atoms with Crippen molar-refractivity contribution in [2.75, 3.05) is 18.9 Å². The molecule has 2 unspecified atom stereocenters. The Kier molecular flexibility index (Phi) is 8.73. The van der Waals surface area contributed by atoms with Gasteiger partial charge in [-0.2, -0.15) is 0 Å². The standard InChI is InChI=1S/C24H28N2O6S/c1-2-32-24(31)18(13-12-16-8-4-3-5-9-16)25-14-21(28)26-19(23(29)30)15-33-22(26)17-10-6-7-11-20(17)27/h3-11,18-19,22,25,27H,2,12-15H2,1H3,(H,29,30)/t18?,19-,22?/m0/s1. The summed E-state index contributed by atoms with van der Waals surface area (Å²) in [5, 5.41) is 22.2. The van der Waals surface area contributed by atoms with Gasteiger partial charge in [0.2, 0.25) is 5.91 Å². The van der Waals surface area contributed by atoms with E-state index in [1.165, 1.54) is 22.7 Å². The lowest BCUT2D eigenvalue weighted by atomic mass is 10.1. The molecule has 8 nitrogen and oxygen atoms in total. The monoisotopic (exact) mass is 472 g/mol. The van der Waals surface area contributed by atoms with E-state index in [0.29, 0.717) is 18.4 Å². The Bertz CT molecular complexity index is 970. The number of amides is 1. The van der Waals surface area contributed by atoms with E-state index in [9.17, 15) is 24.6 Å². The minimum Gasteiger partial charge on any atom is -0.508 e. The van der Waals surface area contributed by atoms with Crippen LogP contribution in [0.1, 0.15) is 29.8 Å². The van der Waals surface area contributed by atoms with Gasteiger partial charge in [-0.3, -0.25) is 14.9 Å². The summed E-state index contributed by atoms with van der Waals surface area (Å²) < 4.78 is 5.16. The maximum absolute atomic E-state index is 13.2. The Labute approximate surface area is 196 Å². The largest absolute Gasteiger partial charge is 0.508 e. The third-order valence-corrected chi connectivity index (χ3v) is 6.72. The highest BCUT2D eigenvalue weighted by Gasteiger charge is 2.43. The van der Waals surface area contributed by atoms with Crippen molar-refractivity contribution in [1.82, 2.24) is 10.2 Å². The molecule has 2 aromatic rings. The molecule has 1 amide bonds. The van der Waals surface area contributed by atoms with Gasteiger partial charge in [-0.1, -0.05) is 48.5 Å². The zero-order valence-electron chi connectivity index (χ0n) is 18.3. The van der Waals surface area contributed by atoms with Crippen LogP contribution >= 0.6 is 11.8 Å². The van der Waals surface area contributed by atoms with Crippen LogP contribution in [0.2, 0.25) is 0 Å². The molecule has 176 valence electrons. The first-order valence-corrected chi connectivity index (χ1v) is 11.8. The van der Waals surface area contributed by atoms with Crippen LogP contribution in [0.3, 0.4) is 0 Å². The van der Waals surface area contributed by atoms with E-state index in [4.69, 9.17) is 4.74 Å². The Morgan fingerprint density at radius 3 is 2.52 bits per heavy atom. The molecule has 0 spiro atoms. The maximum atomic E-state index is 13.2. The first-order chi connectivity index (χ1) is 15.9. The van der Waals surface area contributed by atoms with Crippen LogP contribution in [-0.2, 0) is 25.5 Å². The number of carbonyl (C=O) groups excluding carboxylic acids is 2. The number of carbonyl (C=O) groups is 3. The van der Waals surface area contributed by atoms with Crippen molar-refractivity contribution in [3.63, 3.8) is 0 Å². The van der Waals surface area contributed by atoms with E-state index in [1.54, 1.807) is 25.1 Å². The molecule has 2 aromatic carbocycles. The Morgan fingerprint density at radius 2 is 1.85 bits per heavy atom. The number of aliphatic carboxylic acids is 1. The van der Waals surface area contributed by atoms with Gasteiger partial charge in [-0.15, -0.1) is 11.8 Å². The molecule has 1 aliphatic rings. The summed E-state index contributed by atoms with van der Waals surface area (Å²) in [6.07, 6.45) is 1.04. The number of nitrogens with one attached hydrogen (secondary N) is 1. The number of phenolic OH excluding ortho intramolecular Hbond substituents is 1. The number of para-hydroxylation sites is 1. The van der Waals surface area contributed by atoms with Gasteiger partial charge in [0.15, 0.2) is 0 Å². The molecule has 9 heteroatoms. The minimum atomic E-state index is -1.11. The fourth-order valence-corrected chi connectivity index (χ4v) is 5.21. The Morgan fingerprint density at radius 1 is 1.15 bits per heavy atom. The van der Waals surface area contributed by atoms with Crippen LogP contribution in [-0.4, -0.2) is 63.9 Å². The third kappa shape index (κ3) is 6.27. The Hall–Kier alpha value is -3.04. The van der Waals surface area contributed by atoms with Crippen LogP contribution in [0.5, 0.6) is 5.75 Å². The summed E-state index contributed by atoms with van der Waals surface area (Å²) in [5.74, 6) is -1.83. The van der Waals surface area contributed by atoms with Crippen LogP contribution in [0.4, 0.5) is 0 Å². The molecule has 3 rings (SSSR count). The number of aryl methyl sites for hydroxylation is 1. The van der Waals surface area contributed by atoms with Crippen molar-refractivity contribution in [1.29, 1.82) is 0 Å². The van der Waals surface area contributed by atoms with Crippen LogP contribution in [0.15, 0.2) is 54.6 Å². The lowest BCUT2D eigenvalue weighted by molar-refractivity contribution is -0.150. The molecule has 0 radical (unpaired) electrons. The van der Waals surface area contributed by atoms with E-state index in [2.05, 4.69) is 5.32 Å². The SMILES string of the molecule is CCOC(=O)C(CCc1ccccc1)NCC(=O)N1C(c2ccccc2O)SC[C@H]1C(=O)O. The van der Waals surface area contributed by atoms with Gasteiger partial charge < -0.3 is 19.8 Å². The van der Waals surface area contributed by atoms with E-state index < -0.39 is 35.3 Å². The molecule has 1 fully saturated rings. The van der Waals surface area contributed by atoms with E-state index in [1.807, 2.05) is 30.3 Å². The topological polar surface area (TPSA) is 116 Å². The average molecular weight is 473 g/mol. The van der Waals surface area contributed by atoms with Crippen LogP contribution < -0.4 is 5.32 Å². The summed E-state index contributed by atoms with van der Waals surface area (Å²) in [4.78, 5) is 38.7. The van der Waals surface area contributed by atoms with Gasteiger partial charge in [0.25, 0.3) is 0 Å². The summed E-state index contributed by atoms with van der Waals surface area (Å²) in [5.41, 5.74) is 1.53. The number of hydrogen-bond donors (Lipinski definition) is 3. The first-order valence-electron chi connectivity index (χ1n) is 10.8. The average Bonchev–Trinajstić information content (AvgIpc) is 3.25. The number of esters is 1. The smallest absolute Gasteiger partial charge is 0.327 e. The molecule has 0 bridgehead atoms. The van der Waals surface area contributed by atoms with Crippen LogP contribution in [0.25, 0.3) is 0 Å². The summed E-state index contributed by atoms with van der Waals surface area (Å²) in [6.45, 7) is 1.70. The molecular weight excluding hydrogens is 444 g/mol. The van der Waals surface area contributed by atoms with Gasteiger partial charge >= 0.3 is 11.9 Å². The number of benzene rings is 2. The summed E-state index contributed by atoms with van der Waals surface area (Å²) in [7, 11) is 0. The fraction of sp³-hybridized carbons (Fsp3) is 0.375. The number of ether oxygens (including phenoxy) is 1. The number of phenols is 1. The number of thioether (sulfide) groups is 1. The lowest BCUT2D eigenvalue weighted by Gasteiger charge is -2.29. The van der Waals surface area contributed by atoms with E-state index in [-0.39, 0.29) is 24.7 Å². The number of hydrogen-bond acceptors (Lipinski definition) is 7. The number of carboxylic acid groups (broad SMARTS) is 1. The zero-order valence-corrected chi connectivity index (χ0v) is 19.2. The number of aromatic hydroxyl groups is 1. The molecule has 0 saturated carbocycles. The predicted octanol–water partition coefficient (Wildman–Crippen LogP) is 2.57. The molecule has 33 heavy (non-hydrogen) atoms. The van der Waals surface area contributed by atoms with Crippen molar-refractivity contribution in [2.45, 2.75) is 37.2 Å². The highest BCUT2D eigenvalue weighted by atomic mass is 32.2. The molecule has 1 heterocycles. The van der Waals surface area contributed by atoms with Gasteiger partial charge in [-0.25, -0.2) is 4.79 Å². The number of carboxylic acids is 1. The second-order valence-corrected chi connectivity index (χ2v) is 8.72. The third-order valence-electron chi connectivity index (χ3n) is 5.41. The second-order valence-electron chi connectivity index (χ2n) is 7.61. The predicted molar refractivity (Wildman–Crippen MR) is 125 cm³/mol. The summed E-state index contributed by atoms with van der Waals surface area (Å²) in [6, 6.07) is 14.5. The van der Waals surface area contributed by atoms with E-state index >= 15 is 0 Å². The van der Waals surface area contributed by atoms with Gasteiger partial charge in [0.1, 0.15) is 23.2 Å². The highest BCUT2D eigenvalue weighted by molar-refractivity contribution is 7.99. The quantitative estimate of drug-likeness (QED) is 0.452. The van der Waals surface area contributed by atoms with Crippen molar-refractivity contribution in [3.05, 3.63) is 65.7 Å². The maximum Gasteiger partial charge on any atom is 0.327 e. The van der Waals surface area contributed by atoms with Crippen molar-refractivity contribution in [3.8, 4) is 5.75 Å². The second kappa shape index (κ2) is 11.7. The Balaban J connectivity index is 1.72. The number of nitrogens with zero attached hydrogens (tertiary/aromatic N) is 1. The van der Waals surface area contributed by atoms with Gasteiger partial charge in [0, 0.05) is 11.3 Å². The number of rotatable bonds is 10. The fourth-order valence-electron chi connectivity index (χ4n) is 3.74. The zero-order chi connectivity index (χ0) is 23.8. The lowest BCUT2D eigenvalue weighted by Crippen LogP contribution is -2.49. The van der Waals surface area contributed by atoms with Crippen molar-refractivity contribution < 1.29 is 29.3 Å². The molecule has 0 aromatic heterocycles. The summed E-state index contributed by atoms with van der Waals surface area (Å²) >= 11 is 1.28. The highest BCUT2D eigenvalue weighted by Crippen LogP contribution is 2.44.